The van der Waals surface area contributed by atoms with Crippen LogP contribution >= 0.6 is 0 Å². The third-order valence-electron chi connectivity index (χ3n) is 5.83. The van der Waals surface area contributed by atoms with Gasteiger partial charge in [0.05, 0.1) is 4.90 Å². The molecule has 0 radical (unpaired) electrons. The quantitative estimate of drug-likeness (QED) is 0.820. The Kier molecular flexibility index (Phi) is 5.90. The van der Waals surface area contributed by atoms with E-state index < -0.39 is 15.6 Å². The number of ether oxygens (including phenoxy) is 1. The minimum atomic E-state index is -3.54. The maximum atomic E-state index is 13.0. The van der Waals surface area contributed by atoms with Crippen molar-refractivity contribution in [3.8, 4) is 0 Å². The average molecular weight is 396 g/mol. The molecule has 2 fully saturated rings. The largest absolute Gasteiger partial charge is 0.368 e. The number of aryl methyl sites for hydroxylation is 2. The predicted octanol–water partition coefficient (Wildman–Crippen LogP) is 0.905. The van der Waals surface area contributed by atoms with Gasteiger partial charge in [-0.2, -0.15) is 4.31 Å². The first-order valence-electron chi connectivity index (χ1n) is 9.43. The number of amides is 1. The molecule has 8 heteroatoms. The van der Waals surface area contributed by atoms with Gasteiger partial charge in [0.2, 0.25) is 10.0 Å². The molecule has 150 valence electrons. The van der Waals surface area contributed by atoms with E-state index >= 15 is 0 Å². The van der Waals surface area contributed by atoms with E-state index in [2.05, 4.69) is 5.32 Å². The molecule has 0 bridgehead atoms. The molecule has 1 N–H and O–H groups in total. The number of sulfonamides is 1. The fraction of sp³-hybridized carbons (Fsp3) is 0.632. The smallest absolute Gasteiger partial charge is 0.254 e. The highest BCUT2D eigenvalue weighted by atomic mass is 32.2. The molecule has 0 atom stereocenters. The van der Waals surface area contributed by atoms with Gasteiger partial charge in [-0.3, -0.25) is 4.79 Å². The summed E-state index contributed by atoms with van der Waals surface area (Å²) >= 11 is 0. The van der Waals surface area contributed by atoms with E-state index in [0.717, 1.165) is 24.2 Å². The van der Waals surface area contributed by atoms with Crippen molar-refractivity contribution in [1.29, 1.82) is 0 Å². The maximum absolute atomic E-state index is 13.0. The number of carbonyl (C=O) groups is 1. The van der Waals surface area contributed by atoms with Crippen LogP contribution in [0.15, 0.2) is 23.1 Å². The van der Waals surface area contributed by atoms with Crippen molar-refractivity contribution in [2.75, 3.05) is 46.4 Å². The third-order valence-corrected chi connectivity index (χ3v) is 7.73. The zero-order chi connectivity index (χ0) is 19.7. The number of hydrogen-bond acceptors (Lipinski definition) is 5. The van der Waals surface area contributed by atoms with Gasteiger partial charge in [-0.25, -0.2) is 8.42 Å². The fourth-order valence-electron chi connectivity index (χ4n) is 3.78. The van der Waals surface area contributed by atoms with Crippen molar-refractivity contribution >= 4 is 15.9 Å². The Morgan fingerprint density at radius 2 is 1.70 bits per heavy atom. The highest BCUT2D eigenvalue weighted by molar-refractivity contribution is 7.89. The number of piperidine rings is 1. The number of rotatable bonds is 4. The van der Waals surface area contributed by atoms with Gasteiger partial charge < -0.3 is 15.0 Å². The van der Waals surface area contributed by atoms with Crippen molar-refractivity contribution in [3.05, 3.63) is 29.3 Å². The van der Waals surface area contributed by atoms with Crippen LogP contribution in [0.1, 0.15) is 24.0 Å². The van der Waals surface area contributed by atoms with Crippen LogP contribution in [0.2, 0.25) is 0 Å². The van der Waals surface area contributed by atoms with Crippen molar-refractivity contribution < 1.29 is 17.9 Å². The number of nitrogens with zero attached hydrogens (tertiary/aromatic N) is 2. The van der Waals surface area contributed by atoms with Crippen LogP contribution in [0, 0.1) is 13.8 Å². The topological polar surface area (TPSA) is 79.0 Å². The molecule has 0 aromatic heterocycles. The van der Waals surface area contributed by atoms with Crippen molar-refractivity contribution in [1.82, 2.24) is 14.5 Å². The zero-order valence-corrected chi connectivity index (χ0v) is 17.1. The van der Waals surface area contributed by atoms with E-state index in [1.54, 1.807) is 24.1 Å². The van der Waals surface area contributed by atoms with Crippen molar-refractivity contribution in [2.24, 2.45) is 0 Å². The van der Waals surface area contributed by atoms with E-state index in [-0.39, 0.29) is 5.91 Å². The standard InChI is InChI=1S/C19H29N3O4S/c1-15-4-5-17(14-16(15)2)27(24,25)22-12-10-21(11-13-22)18(23)19(26-3)6-8-20-9-7-19/h4-5,14,20H,6-13H2,1-3H3. The summed E-state index contributed by atoms with van der Waals surface area (Å²) in [6, 6.07) is 5.21. The van der Waals surface area contributed by atoms with Gasteiger partial charge in [-0.05, 0) is 63.0 Å². The zero-order valence-electron chi connectivity index (χ0n) is 16.3. The molecule has 0 saturated carbocycles. The Balaban J connectivity index is 1.69. The number of nitrogens with one attached hydrogen (secondary N) is 1. The van der Waals surface area contributed by atoms with Crippen LogP contribution < -0.4 is 5.32 Å². The summed E-state index contributed by atoms with van der Waals surface area (Å²) in [5.74, 6) is -0.0188. The highest BCUT2D eigenvalue weighted by Crippen LogP contribution is 2.27. The maximum Gasteiger partial charge on any atom is 0.254 e. The summed E-state index contributed by atoms with van der Waals surface area (Å²) in [5, 5.41) is 3.25. The van der Waals surface area contributed by atoms with Gasteiger partial charge in [0.1, 0.15) is 5.60 Å². The third kappa shape index (κ3) is 3.89. The van der Waals surface area contributed by atoms with E-state index in [4.69, 9.17) is 4.74 Å². The van der Waals surface area contributed by atoms with Gasteiger partial charge in [0.25, 0.3) is 5.91 Å². The summed E-state index contributed by atoms with van der Waals surface area (Å²) in [7, 11) is -1.95. The Labute approximate surface area is 161 Å². The lowest BCUT2D eigenvalue weighted by molar-refractivity contribution is -0.159. The molecule has 1 amide bonds. The summed E-state index contributed by atoms with van der Waals surface area (Å²) in [5.41, 5.74) is 1.24. The van der Waals surface area contributed by atoms with Gasteiger partial charge in [-0.1, -0.05) is 6.07 Å². The van der Waals surface area contributed by atoms with Crippen molar-refractivity contribution in [3.63, 3.8) is 0 Å². The summed E-state index contributed by atoms with van der Waals surface area (Å²) in [6.45, 7) is 6.76. The number of piperazine rings is 1. The second-order valence-electron chi connectivity index (χ2n) is 7.39. The molecule has 27 heavy (non-hydrogen) atoms. The Morgan fingerprint density at radius 1 is 1.07 bits per heavy atom. The van der Waals surface area contributed by atoms with Gasteiger partial charge in [0, 0.05) is 33.3 Å². The molecule has 2 aliphatic rings. The Bertz CT molecular complexity index is 795. The van der Waals surface area contributed by atoms with Crippen LogP contribution in [0.25, 0.3) is 0 Å². The molecule has 0 unspecified atom stereocenters. The average Bonchev–Trinajstić information content (AvgIpc) is 2.70. The second-order valence-corrected chi connectivity index (χ2v) is 9.33. The number of methoxy groups -OCH3 is 1. The first-order valence-corrected chi connectivity index (χ1v) is 10.9. The normalized spacial score (nSPS) is 21.2. The second kappa shape index (κ2) is 7.87. The Hall–Kier alpha value is -1.48. The lowest BCUT2D eigenvalue weighted by Crippen LogP contribution is -2.59. The van der Waals surface area contributed by atoms with E-state index in [1.165, 1.54) is 4.31 Å². The van der Waals surface area contributed by atoms with Crippen LogP contribution in [-0.2, 0) is 19.6 Å². The fourth-order valence-corrected chi connectivity index (χ4v) is 5.29. The van der Waals surface area contributed by atoms with Gasteiger partial charge >= 0.3 is 0 Å². The molecule has 0 aliphatic carbocycles. The molecule has 3 rings (SSSR count). The number of carbonyl (C=O) groups excluding carboxylic acids is 1. The SMILES string of the molecule is COC1(C(=O)N2CCN(S(=O)(=O)c3ccc(C)c(C)c3)CC2)CCNCC1. The molecule has 2 saturated heterocycles. The number of hydrogen-bond donors (Lipinski definition) is 1. The monoisotopic (exact) mass is 395 g/mol. The first kappa shape index (κ1) is 20.3. The summed E-state index contributed by atoms with van der Waals surface area (Å²) in [4.78, 5) is 15.1. The summed E-state index contributed by atoms with van der Waals surface area (Å²) in [6.07, 6.45) is 1.28. The molecule has 0 spiro atoms. The lowest BCUT2D eigenvalue weighted by atomic mass is 9.90. The van der Waals surface area contributed by atoms with E-state index in [0.29, 0.717) is 43.9 Å². The van der Waals surface area contributed by atoms with Crippen molar-refractivity contribution in [2.45, 2.75) is 37.2 Å². The summed E-state index contributed by atoms with van der Waals surface area (Å²) < 4.78 is 33.0. The molecule has 1 aromatic carbocycles. The first-order chi connectivity index (χ1) is 12.8. The van der Waals surface area contributed by atoms with Gasteiger partial charge in [0.15, 0.2) is 0 Å². The molecule has 7 nitrogen and oxygen atoms in total. The van der Waals surface area contributed by atoms with Crippen LogP contribution in [0.4, 0.5) is 0 Å². The van der Waals surface area contributed by atoms with Crippen LogP contribution in [-0.4, -0.2) is 75.5 Å². The Morgan fingerprint density at radius 3 is 2.26 bits per heavy atom. The molecular weight excluding hydrogens is 366 g/mol. The number of benzene rings is 1. The van der Waals surface area contributed by atoms with E-state index in [9.17, 15) is 13.2 Å². The predicted molar refractivity (Wildman–Crippen MR) is 103 cm³/mol. The molecule has 1 aromatic rings. The molecule has 2 aliphatic heterocycles. The van der Waals surface area contributed by atoms with Crippen LogP contribution in [0.3, 0.4) is 0 Å². The van der Waals surface area contributed by atoms with Gasteiger partial charge in [-0.15, -0.1) is 0 Å². The molecular formula is C19H29N3O4S. The van der Waals surface area contributed by atoms with Crippen LogP contribution in [0.5, 0.6) is 0 Å². The molecule has 2 heterocycles. The minimum absolute atomic E-state index is 0.0188. The minimum Gasteiger partial charge on any atom is -0.368 e. The van der Waals surface area contributed by atoms with E-state index in [1.807, 2.05) is 19.9 Å². The lowest BCUT2D eigenvalue weighted by Gasteiger charge is -2.41. The highest BCUT2D eigenvalue weighted by Gasteiger charge is 2.43.